The number of amides is 1. The molecule has 0 bridgehead atoms. The summed E-state index contributed by atoms with van der Waals surface area (Å²) >= 11 is 4.62. The van der Waals surface area contributed by atoms with Gasteiger partial charge in [-0.15, -0.1) is 21.5 Å². The normalized spacial score (nSPS) is 10.8. The van der Waals surface area contributed by atoms with E-state index in [0.29, 0.717) is 0 Å². The number of hydrogen-bond donors (Lipinski definition) is 1. The summed E-state index contributed by atoms with van der Waals surface area (Å²) in [5.74, 6) is 1.00. The lowest BCUT2D eigenvalue weighted by Gasteiger charge is -2.10. The number of carbonyl (C=O) groups is 1. The molecule has 5 nitrogen and oxygen atoms in total. The van der Waals surface area contributed by atoms with Crippen molar-refractivity contribution in [2.24, 2.45) is 7.05 Å². The van der Waals surface area contributed by atoms with Crippen LogP contribution < -0.4 is 5.32 Å². The zero-order chi connectivity index (χ0) is 20.1. The number of anilines is 1. The van der Waals surface area contributed by atoms with Gasteiger partial charge in [-0.1, -0.05) is 59.9 Å². The average molecular weight is 439 g/mol. The number of aromatic nitrogens is 3. The van der Waals surface area contributed by atoms with Crippen LogP contribution in [0.25, 0.3) is 10.7 Å². The van der Waals surface area contributed by atoms with Crippen LogP contribution in [0.4, 0.5) is 5.69 Å². The first-order chi connectivity index (χ1) is 14.2. The number of nitrogens with one attached hydrogen (secondary N) is 1. The first-order valence-corrected chi connectivity index (χ1v) is 11.6. The van der Waals surface area contributed by atoms with Crippen molar-refractivity contribution in [1.29, 1.82) is 0 Å². The fraction of sp³-hybridized carbons (Fsp3) is 0.0952. The maximum Gasteiger partial charge on any atom is 0.234 e. The highest BCUT2D eigenvalue weighted by atomic mass is 32.2. The summed E-state index contributed by atoms with van der Waals surface area (Å²) < 4.78 is 1.92. The van der Waals surface area contributed by atoms with E-state index in [1.54, 1.807) is 23.1 Å². The largest absolute Gasteiger partial charge is 0.324 e. The van der Waals surface area contributed by atoms with Gasteiger partial charge in [0.05, 0.1) is 16.3 Å². The second kappa shape index (κ2) is 9.30. The van der Waals surface area contributed by atoms with Crippen LogP contribution in [0.3, 0.4) is 0 Å². The lowest BCUT2D eigenvalue weighted by molar-refractivity contribution is -0.113. The summed E-state index contributed by atoms with van der Waals surface area (Å²) in [5, 5.41) is 14.2. The molecule has 2 aromatic carbocycles. The van der Waals surface area contributed by atoms with Gasteiger partial charge < -0.3 is 9.88 Å². The summed E-state index contributed by atoms with van der Waals surface area (Å²) in [4.78, 5) is 15.7. The first kappa shape index (κ1) is 19.8. The third-order valence-corrected chi connectivity index (χ3v) is 7.01. The van der Waals surface area contributed by atoms with Crippen LogP contribution in [0, 0.1) is 0 Å². The molecule has 0 fully saturated rings. The fourth-order valence-electron chi connectivity index (χ4n) is 2.65. The highest BCUT2D eigenvalue weighted by Crippen LogP contribution is 2.33. The molecule has 2 aromatic heterocycles. The predicted octanol–water partition coefficient (Wildman–Crippen LogP) is 5.43. The van der Waals surface area contributed by atoms with Crippen molar-refractivity contribution < 1.29 is 4.79 Å². The Balaban J connectivity index is 1.40. The van der Waals surface area contributed by atoms with Gasteiger partial charge in [0.25, 0.3) is 0 Å². The van der Waals surface area contributed by atoms with Crippen molar-refractivity contribution in [3.8, 4) is 10.7 Å². The molecule has 29 heavy (non-hydrogen) atoms. The van der Waals surface area contributed by atoms with E-state index in [0.717, 1.165) is 31.3 Å². The van der Waals surface area contributed by atoms with E-state index in [1.165, 1.54) is 11.8 Å². The Morgan fingerprint density at radius 1 is 1.03 bits per heavy atom. The quantitative estimate of drug-likeness (QED) is 0.390. The van der Waals surface area contributed by atoms with Gasteiger partial charge in [0.1, 0.15) is 0 Å². The Labute approximate surface area is 181 Å². The summed E-state index contributed by atoms with van der Waals surface area (Å²) in [6.07, 6.45) is 0. The minimum atomic E-state index is -0.0724. The molecular weight excluding hydrogens is 420 g/mol. The third kappa shape index (κ3) is 4.90. The third-order valence-electron chi connectivity index (χ3n) is 4.04. The van der Waals surface area contributed by atoms with Crippen molar-refractivity contribution in [1.82, 2.24) is 14.8 Å². The Hall–Kier alpha value is -2.55. The summed E-state index contributed by atoms with van der Waals surface area (Å²) in [7, 11) is 1.92. The van der Waals surface area contributed by atoms with E-state index < -0.39 is 0 Å². The van der Waals surface area contributed by atoms with Crippen LogP contribution in [0.1, 0.15) is 0 Å². The number of thiophene rings is 1. The van der Waals surface area contributed by atoms with E-state index >= 15 is 0 Å². The molecule has 0 atom stereocenters. The molecule has 0 unspecified atom stereocenters. The van der Waals surface area contributed by atoms with Crippen molar-refractivity contribution >= 4 is 46.5 Å². The summed E-state index contributed by atoms with van der Waals surface area (Å²) in [6, 6.07) is 21.9. The van der Waals surface area contributed by atoms with Gasteiger partial charge in [0.15, 0.2) is 11.0 Å². The predicted molar refractivity (Wildman–Crippen MR) is 121 cm³/mol. The Morgan fingerprint density at radius 3 is 2.62 bits per heavy atom. The van der Waals surface area contributed by atoms with Crippen molar-refractivity contribution in [3.63, 3.8) is 0 Å². The number of hydrogen-bond acceptors (Lipinski definition) is 6. The van der Waals surface area contributed by atoms with E-state index in [9.17, 15) is 4.79 Å². The fourth-order valence-corrected chi connectivity index (χ4v) is 5.03. The molecule has 2 heterocycles. The topological polar surface area (TPSA) is 59.8 Å². The maximum atomic E-state index is 12.5. The number of thioether (sulfide) groups is 1. The molecule has 0 aliphatic carbocycles. The Morgan fingerprint density at radius 2 is 1.83 bits per heavy atom. The van der Waals surface area contributed by atoms with Gasteiger partial charge in [-0.25, -0.2) is 0 Å². The number of nitrogens with zero attached hydrogens (tertiary/aromatic N) is 3. The molecule has 1 amide bonds. The molecule has 0 aliphatic rings. The number of carbonyl (C=O) groups excluding carboxylic acids is 1. The van der Waals surface area contributed by atoms with Gasteiger partial charge in [-0.05, 0) is 35.7 Å². The highest BCUT2D eigenvalue weighted by Gasteiger charge is 2.14. The second-order valence-corrected chi connectivity index (χ2v) is 9.10. The molecule has 0 saturated carbocycles. The first-order valence-electron chi connectivity index (χ1n) is 8.88. The minimum absolute atomic E-state index is 0.0724. The molecule has 0 saturated heterocycles. The van der Waals surface area contributed by atoms with Gasteiger partial charge in [0, 0.05) is 16.8 Å². The van der Waals surface area contributed by atoms with Crippen LogP contribution in [0.2, 0.25) is 0 Å². The molecule has 0 radical (unpaired) electrons. The van der Waals surface area contributed by atoms with Crippen molar-refractivity contribution in [3.05, 3.63) is 72.1 Å². The molecule has 1 N–H and O–H groups in total. The van der Waals surface area contributed by atoms with E-state index in [-0.39, 0.29) is 11.7 Å². The zero-order valence-electron chi connectivity index (χ0n) is 15.6. The maximum absolute atomic E-state index is 12.5. The van der Waals surface area contributed by atoms with Crippen LogP contribution >= 0.6 is 34.9 Å². The number of para-hydroxylation sites is 1. The molecular formula is C21H18N4OS3. The van der Waals surface area contributed by atoms with Crippen LogP contribution in [0.5, 0.6) is 0 Å². The number of benzene rings is 2. The molecule has 0 aliphatic heterocycles. The molecule has 4 aromatic rings. The van der Waals surface area contributed by atoms with Crippen molar-refractivity contribution in [2.45, 2.75) is 14.9 Å². The van der Waals surface area contributed by atoms with Gasteiger partial charge in [-0.2, -0.15) is 0 Å². The summed E-state index contributed by atoms with van der Waals surface area (Å²) in [5.41, 5.74) is 0.809. The van der Waals surface area contributed by atoms with Crippen LogP contribution in [-0.4, -0.2) is 26.4 Å². The second-order valence-electron chi connectivity index (χ2n) is 6.09. The van der Waals surface area contributed by atoms with Gasteiger partial charge in [0.2, 0.25) is 5.91 Å². The highest BCUT2D eigenvalue weighted by molar-refractivity contribution is 8.00. The van der Waals surface area contributed by atoms with Crippen molar-refractivity contribution in [2.75, 3.05) is 11.1 Å². The van der Waals surface area contributed by atoms with E-state index in [1.807, 2.05) is 71.6 Å². The number of rotatable bonds is 7. The van der Waals surface area contributed by atoms with Crippen LogP contribution in [-0.2, 0) is 11.8 Å². The van der Waals surface area contributed by atoms with E-state index in [4.69, 9.17) is 0 Å². The summed E-state index contributed by atoms with van der Waals surface area (Å²) in [6.45, 7) is 0. The lowest BCUT2D eigenvalue weighted by atomic mass is 10.3. The van der Waals surface area contributed by atoms with E-state index in [2.05, 4.69) is 27.6 Å². The Kier molecular flexibility index (Phi) is 6.33. The molecule has 0 spiro atoms. The Bertz CT molecular complexity index is 1090. The molecule has 4 rings (SSSR count). The minimum Gasteiger partial charge on any atom is -0.324 e. The molecule has 8 heteroatoms. The van der Waals surface area contributed by atoms with Gasteiger partial charge in [-0.3, -0.25) is 4.79 Å². The smallest absolute Gasteiger partial charge is 0.234 e. The standard InChI is InChI=1S/C21H18N4OS3/c1-25-20(18-12-7-13-27-18)23-24-21(25)28-14-19(26)22-16-10-5-6-11-17(16)29-15-8-3-2-4-9-15/h2-13H,14H2,1H3,(H,22,26). The SMILES string of the molecule is Cn1c(SCC(=O)Nc2ccccc2Sc2ccccc2)nnc1-c1cccs1. The lowest BCUT2D eigenvalue weighted by Crippen LogP contribution is -2.15. The zero-order valence-corrected chi connectivity index (χ0v) is 18.1. The molecule has 146 valence electrons. The average Bonchev–Trinajstić information content (AvgIpc) is 3.38. The van der Waals surface area contributed by atoms with Gasteiger partial charge >= 0.3 is 0 Å². The monoisotopic (exact) mass is 438 g/mol. The van der Waals surface area contributed by atoms with Crippen LogP contribution in [0.15, 0.2) is 87.1 Å².